The number of amides is 1. The lowest BCUT2D eigenvalue weighted by molar-refractivity contribution is -0.147. The van der Waals surface area contributed by atoms with Crippen LogP contribution in [0.1, 0.15) is 53.7 Å². The van der Waals surface area contributed by atoms with Crippen molar-refractivity contribution in [1.29, 1.82) is 0 Å². The first-order valence-electron chi connectivity index (χ1n) is 16.0. The number of hydrogen-bond donors (Lipinski definition) is 2. The summed E-state index contributed by atoms with van der Waals surface area (Å²) in [5, 5.41) is 11.7. The number of likely N-dealkylation sites (tertiary alicyclic amines) is 1. The minimum atomic E-state index is -0.348. The Morgan fingerprint density at radius 2 is 1.65 bits per heavy atom. The van der Waals surface area contributed by atoms with Gasteiger partial charge < -0.3 is 15.4 Å². The highest BCUT2D eigenvalue weighted by molar-refractivity contribution is 6.39. The van der Waals surface area contributed by atoms with Crippen molar-refractivity contribution in [3.05, 3.63) is 88.1 Å². The van der Waals surface area contributed by atoms with Gasteiger partial charge in [-0.2, -0.15) is 5.10 Å². The number of pyridine rings is 1. The second kappa shape index (κ2) is 13.5. The molecule has 2 aliphatic heterocycles. The third-order valence-electron chi connectivity index (χ3n) is 9.09. The summed E-state index contributed by atoms with van der Waals surface area (Å²) in [6.07, 6.45) is 5.15. The summed E-state index contributed by atoms with van der Waals surface area (Å²) in [5.41, 5.74) is 5.10. The summed E-state index contributed by atoms with van der Waals surface area (Å²) in [4.78, 5) is 41.5. The number of ether oxygens (including phenoxy) is 1. The Bertz CT molecular complexity index is 2020. The minimum absolute atomic E-state index is 0.0597. The molecule has 1 fully saturated rings. The topological polar surface area (TPSA) is 127 Å². The molecule has 1 amide bonds. The summed E-state index contributed by atoms with van der Waals surface area (Å²) in [7, 11) is 1.44. The molecular weight excluding hydrogens is 651 g/mol. The molecule has 7 rings (SSSR count). The summed E-state index contributed by atoms with van der Waals surface area (Å²) >= 11 is 13.9. The molecule has 2 N–H and O–H groups in total. The maximum atomic E-state index is 13.6. The van der Waals surface area contributed by atoms with E-state index in [0.717, 1.165) is 56.5 Å². The van der Waals surface area contributed by atoms with Crippen molar-refractivity contribution in [3.8, 4) is 11.1 Å². The SMILES string of the molecule is COC(=O)C1CCN([C@H]2CCCn3nc(C(=O)Nc4cccc(-c5cccc(Nc6nc(C)nc7cccnc67)c5Cl)c4Cl)cc32)CC1. The Labute approximate surface area is 287 Å². The van der Waals surface area contributed by atoms with Crippen LogP contribution in [0.2, 0.25) is 10.0 Å². The standard InChI is InChI=1S/C35H34Cl2N8O3/c1-20-39-26-11-5-15-38-32(26)33(40-20)41-24-9-3-7-22(30(24)36)23-8-4-10-25(31(23)37)42-34(46)27-19-29-28(12-6-16-45(29)43-27)44-17-13-21(14-18-44)35(47)48-2/h3-5,7-11,15,19,21,28H,6,12-14,16-18H2,1-2H3,(H,42,46)(H,39,40,41)/t28-/m0/s1. The lowest BCUT2D eigenvalue weighted by atomic mass is 9.93. The fourth-order valence-corrected chi connectivity index (χ4v) is 7.26. The molecule has 0 spiro atoms. The minimum Gasteiger partial charge on any atom is -0.469 e. The van der Waals surface area contributed by atoms with E-state index in [1.807, 2.05) is 60.1 Å². The number of fused-ring (bicyclic) bond motifs is 2. The Kier molecular flexibility index (Phi) is 9.00. The number of aryl methyl sites for hydroxylation is 2. The van der Waals surface area contributed by atoms with Crippen molar-refractivity contribution in [3.63, 3.8) is 0 Å². The third-order valence-corrected chi connectivity index (χ3v) is 9.91. The number of nitrogens with one attached hydrogen (secondary N) is 2. The Balaban J connectivity index is 1.10. The van der Waals surface area contributed by atoms with Crippen molar-refractivity contribution >= 4 is 63.3 Å². The first kappa shape index (κ1) is 32.0. The number of piperidine rings is 1. The average molecular weight is 686 g/mol. The molecule has 13 heteroatoms. The summed E-state index contributed by atoms with van der Waals surface area (Å²) in [5.74, 6) is 0.598. The molecule has 1 atom stereocenters. The van der Waals surface area contributed by atoms with Gasteiger partial charge in [0.2, 0.25) is 0 Å². The zero-order chi connectivity index (χ0) is 33.4. The summed E-state index contributed by atoms with van der Waals surface area (Å²) in [6.45, 7) is 4.16. The molecule has 0 saturated carbocycles. The van der Waals surface area contributed by atoms with E-state index in [2.05, 4.69) is 35.6 Å². The molecule has 0 unspecified atom stereocenters. The van der Waals surface area contributed by atoms with Gasteiger partial charge in [0.1, 0.15) is 11.3 Å². The van der Waals surface area contributed by atoms with Gasteiger partial charge in [-0.15, -0.1) is 0 Å². The predicted molar refractivity (Wildman–Crippen MR) is 186 cm³/mol. The van der Waals surface area contributed by atoms with Crippen molar-refractivity contribution in [2.75, 3.05) is 30.8 Å². The van der Waals surface area contributed by atoms with E-state index < -0.39 is 0 Å². The number of halogens is 2. The van der Waals surface area contributed by atoms with Crippen molar-refractivity contribution in [1.82, 2.24) is 29.6 Å². The molecule has 5 aromatic rings. The fraction of sp³-hybridized carbons (Fsp3) is 0.314. The first-order valence-corrected chi connectivity index (χ1v) is 16.7. The normalized spacial score (nSPS) is 16.8. The average Bonchev–Trinajstić information content (AvgIpc) is 3.55. The summed E-state index contributed by atoms with van der Waals surface area (Å²) < 4.78 is 6.89. The van der Waals surface area contributed by atoms with Gasteiger partial charge in [0.25, 0.3) is 5.91 Å². The van der Waals surface area contributed by atoms with Crippen LogP contribution in [0.3, 0.4) is 0 Å². The van der Waals surface area contributed by atoms with Crippen LogP contribution in [-0.2, 0) is 16.1 Å². The second-order valence-electron chi connectivity index (χ2n) is 12.1. The number of carbonyl (C=O) groups is 2. The van der Waals surface area contributed by atoms with E-state index in [-0.39, 0.29) is 23.8 Å². The number of hydrogen-bond acceptors (Lipinski definition) is 9. The van der Waals surface area contributed by atoms with Gasteiger partial charge in [0.05, 0.1) is 51.7 Å². The van der Waals surface area contributed by atoms with Crippen LogP contribution in [0.15, 0.2) is 60.8 Å². The fourth-order valence-electron chi connectivity index (χ4n) is 6.71. The highest BCUT2D eigenvalue weighted by Gasteiger charge is 2.33. The number of carbonyl (C=O) groups excluding carboxylic acids is 2. The Morgan fingerprint density at radius 1 is 0.917 bits per heavy atom. The van der Waals surface area contributed by atoms with Gasteiger partial charge in [-0.3, -0.25) is 24.2 Å². The third kappa shape index (κ3) is 6.21. The molecule has 11 nitrogen and oxygen atoms in total. The van der Waals surface area contributed by atoms with E-state index in [4.69, 9.17) is 27.9 Å². The van der Waals surface area contributed by atoms with Crippen LogP contribution in [0.5, 0.6) is 0 Å². The number of rotatable bonds is 7. The molecule has 5 heterocycles. The van der Waals surface area contributed by atoms with Gasteiger partial charge in [-0.1, -0.05) is 47.5 Å². The van der Waals surface area contributed by atoms with E-state index in [0.29, 0.717) is 55.4 Å². The Hall–Kier alpha value is -4.58. The number of benzene rings is 2. The van der Waals surface area contributed by atoms with Crippen LogP contribution in [-0.4, -0.2) is 61.7 Å². The zero-order valence-electron chi connectivity index (χ0n) is 26.5. The maximum Gasteiger partial charge on any atom is 0.308 e. The van der Waals surface area contributed by atoms with Crippen LogP contribution < -0.4 is 10.6 Å². The molecule has 246 valence electrons. The molecular formula is C35H34Cl2N8O3. The highest BCUT2D eigenvalue weighted by atomic mass is 35.5. The number of nitrogens with zero attached hydrogens (tertiary/aromatic N) is 6. The molecule has 0 bridgehead atoms. The monoisotopic (exact) mass is 684 g/mol. The molecule has 0 aliphatic carbocycles. The van der Waals surface area contributed by atoms with Crippen LogP contribution in [0.4, 0.5) is 17.2 Å². The predicted octanol–water partition coefficient (Wildman–Crippen LogP) is 7.22. The number of methoxy groups -OCH3 is 1. The lowest BCUT2D eigenvalue weighted by Crippen LogP contribution is -2.40. The van der Waals surface area contributed by atoms with Gasteiger partial charge in [-0.05, 0) is 76.0 Å². The number of esters is 1. The van der Waals surface area contributed by atoms with E-state index in [1.54, 1.807) is 12.3 Å². The van der Waals surface area contributed by atoms with E-state index in [9.17, 15) is 9.59 Å². The molecule has 2 aromatic carbocycles. The largest absolute Gasteiger partial charge is 0.469 e. The van der Waals surface area contributed by atoms with Crippen LogP contribution in [0.25, 0.3) is 22.2 Å². The van der Waals surface area contributed by atoms with E-state index in [1.165, 1.54) is 7.11 Å². The van der Waals surface area contributed by atoms with Gasteiger partial charge in [0.15, 0.2) is 11.5 Å². The Morgan fingerprint density at radius 3 is 2.40 bits per heavy atom. The lowest BCUT2D eigenvalue weighted by Gasteiger charge is -2.38. The second-order valence-corrected chi connectivity index (χ2v) is 12.8. The van der Waals surface area contributed by atoms with Crippen molar-refractivity contribution in [2.45, 2.75) is 45.2 Å². The van der Waals surface area contributed by atoms with Gasteiger partial charge in [-0.25, -0.2) is 9.97 Å². The zero-order valence-corrected chi connectivity index (χ0v) is 28.1. The highest BCUT2D eigenvalue weighted by Crippen LogP contribution is 2.41. The quantitative estimate of drug-likeness (QED) is 0.171. The van der Waals surface area contributed by atoms with Gasteiger partial charge in [0, 0.05) is 23.9 Å². The van der Waals surface area contributed by atoms with E-state index >= 15 is 0 Å². The van der Waals surface area contributed by atoms with Crippen molar-refractivity contribution in [2.24, 2.45) is 5.92 Å². The van der Waals surface area contributed by atoms with Crippen molar-refractivity contribution < 1.29 is 14.3 Å². The molecule has 1 saturated heterocycles. The molecule has 2 aliphatic rings. The molecule has 0 radical (unpaired) electrons. The smallest absolute Gasteiger partial charge is 0.308 e. The summed E-state index contributed by atoms with van der Waals surface area (Å²) in [6, 6.07) is 16.8. The molecule has 48 heavy (non-hydrogen) atoms. The number of aromatic nitrogens is 5. The van der Waals surface area contributed by atoms with Gasteiger partial charge >= 0.3 is 5.97 Å². The number of anilines is 3. The van der Waals surface area contributed by atoms with Crippen LogP contribution in [0, 0.1) is 12.8 Å². The maximum absolute atomic E-state index is 13.6. The molecule has 3 aromatic heterocycles. The van der Waals surface area contributed by atoms with Crippen LogP contribution >= 0.6 is 23.2 Å². The first-order chi connectivity index (χ1) is 23.3.